The molecular weight excluding hydrogens is 290 g/mol. The number of hydrogen-bond acceptors (Lipinski definition) is 3. The van der Waals surface area contributed by atoms with Crippen LogP contribution in [0, 0.1) is 6.92 Å². The van der Waals surface area contributed by atoms with Gasteiger partial charge in [-0.2, -0.15) is 0 Å². The number of methoxy groups -OCH3 is 1. The number of hydrogen-bond donors (Lipinski definition) is 0. The zero-order chi connectivity index (χ0) is 16.4. The first-order chi connectivity index (χ1) is 11.1. The third-order valence-electron chi connectivity index (χ3n) is 4.21. The van der Waals surface area contributed by atoms with Crippen molar-refractivity contribution in [2.24, 2.45) is 0 Å². The third-order valence-corrected chi connectivity index (χ3v) is 4.21. The van der Waals surface area contributed by atoms with Gasteiger partial charge < -0.3 is 9.47 Å². The van der Waals surface area contributed by atoms with E-state index in [1.54, 1.807) is 18.1 Å². The van der Waals surface area contributed by atoms with Gasteiger partial charge in [0.1, 0.15) is 17.9 Å². The molecule has 0 bridgehead atoms. The fraction of sp³-hybridized carbons (Fsp3) is 0.211. The van der Waals surface area contributed by atoms with Crippen molar-refractivity contribution in [2.75, 3.05) is 18.6 Å². The molecule has 0 aromatic heterocycles. The highest BCUT2D eigenvalue weighted by Crippen LogP contribution is 2.43. The van der Waals surface area contributed by atoms with E-state index in [-0.39, 0.29) is 6.61 Å². The summed E-state index contributed by atoms with van der Waals surface area (Å²) in [4.78, 5) is 14.1. The summed E-state index contributed by atoms with van der Waals surface area (Å²) in [6.45, 7) is 6.21. The zero-order valence-corrected chi connectivity index (χ0v) is 13.3. The van der Waals surface area contributed by atoms with E-state index in [0.717, 1.165) is 11.1 Å². The van der Waals surface area contributed by atoms with Crippen molar-refractivity contribution in [3.63, 3.8) is 0 Å². The lowest BCUT2D eigenvalue weighted by atomic mass is 9.88. The van der Waals surface area contributed by atoms with Crippen molar-refractivity contribution in [3.05, 3.63) is 72.3 Å². The van der Waals surface area contributed by atoms with Gasteiger partial charge in [-0.25, -0.2) is 4.79 Å². The molecule has 2 aromatic carbocycles. The van der Waals surface area contributed by atoms with Crippen LogP contribution in [-0.2, 0) is 10.3 Å². The van der Waals surface area contributed by atoms with E-state index in [0.29, 0.717) is 11.4 Å². The first kappa shape index (κ1) is 15.2. The summed E-state index contributed by atoms with van der Waals surface area (Å²) in [7, 11) is 1.59. The van der Waals surface area contributed by atoms with Crippen molar-refractivity contribution < 1.29 is 14.3 Å². The smallest absolute Gasteiger partial charge is 0.415 e. The molecule has 1 aliphatic rings. The molecule has 118 valence electrons. The first-order valence-electron chi connectivity index (χ1n) is 7.43. The predicted molar refractivity (Wildman–Crippen MR) is 89.9 cm³/mol. The van der Waals surface area contributed by atoms with Gasteiger partial charge in [0.05, 0.1) is 12.8 Å². The molecule has 1 heterocycles. The summed E-state index contributed by atoms with van der Waals surface area (Å²) >= 11 is 0. The maximum absolute atomic E-state index is 12.5. The van der Waals surface area contributed by atoms with Crippen molar-refractivity contribution in [1.82, 2.24) is 0 Å². The number of carbonyl (C=O) groups is 1. The number of carbonyl (C=O) groups excluding carboxylic acids is 1. The molecule has 0 aliphatic carbocycles. The Morgan fingerprint density at radius 1 is 1.22 bits per heavy atom. The summed E-state index contributed by atoms with van der Waals surface area (Å²) in [6.07, 6.45) is 1.35. The Morgan fingerprint density at radius 2 is 1.91 bits per heavy atom. The second kappa shape index (κ2) is 5.80. The Labute approximate surface area is 135 Å². The van der Waals surface area contributed by atoms with E-state index in [1.807, 2.05) is 55.5 Å². The number of anilines is 1. The van der Waals surface area contributed by atoms with Gasteiger partial charge in [-0.3, -0.25) is 4.90 Å². The Kier molecular flexibility index (Phi) is 3.82. The molecule has 4 heteroatoms. The molecule has 2 aromatic rings. The van der Waals surface area contributed by atoms with E-state index in [1.165, 1.54) is 0 Å². The minimum atomic E-state index is -0.751. The lowest BCUT2D eigenvalue weighted by Crippen LogP contribution is -2.43. The van der Waals surface area contributed by atoms with Crippen LogP contribution in [0.15, 0.2) is 61.2 Å². The van der Waals surface area contributed by atoms with Crippen molar-refractivity contribution >= 4 is 11.8 Å². The number of benzene rings is 2. The molecule has 0 unspecified atom stereocenters. The predicted octanol–water partition coefficient (Wildman–Crippen LogP) is 4.04. The van der Waals surface area contributed by atoms with Gasteiger partial charge in [0, 0.05) is 0 Å². The topological polar surface area (TPSA) is 38.8 Å². The number of nitrogens with zero attached hydrogens (tertiary/aromatic N) is 1. The lowest BCUT2D eigenvalue weighted by Gasteiger charge is -2.33. The highest BCUT2D eigenvalue weighted by Gasteiger charge is 2.48. The Morgan fingerprint density at radius 3 is 2.57 bits per heavy atom. The molecule has 1 atom stereocenters. The molecule has 0 N–H and O–H groups in total. The molecule has 0 saturated carbocycles. The number of cyclic esters (lactones) is 1. The standard InChI is InChI=1S/C19H19NO3/c1-4-19(15-11-9-14(2)10-12-15)13-23-18(21)20(19)16-7-5-6-8-17(16)22-3/h4-12H,1,13H2,2-3H3/t19-/m0/s1. The van der Waals surface area contributed by atoms with Crippen LogP contribution in [0.4, 0.5) is 10.5 Å². The fourth-order valence-corrected chi connectivity index (χ4v) is 2.91. The van der Waals surface area contributed by atoms with Gasteiger partial charge in [-0.05, 0) is 24.6 Å². The number of para-hydroxylation sites is 2. The Balaban J connectivity index is 2.17. The molecule has 1 fully saturated rings. The maximum Gasteiger partial charge on any atom is 0.415 e. The van der Waals surface area contributed by atoms with Crippen molar-refractivity contribution in [1.29, 1.82) is 0 Å². The number of aryl methyl sites for hydroxylation is 1. The van der Waals surface area contributed by atoms with Gasteiger partial charge >= 0.3 is 6.09 Å². The summed E-state index contributed by atoms with van der Waals surface area (Å²) in [5.74, 6) is 0.615. The van der Waals surface area contributed by atoms with Crippen molar-refractivity contribution in [2.45, 2.75) is 12.5 Å². The first-order valence-corrected chi connectivity index (χ1v) is 7.43. The number of ether oxygens (including phenoxy) is 2. The van der Waals surface area contributed by atoms with E-state index < -0.39 is 11.6 Å². The van der Waals surface area contributed by atoms with Crippen LogP contribution in [0.1, 0.15) is 11.1 Å². The average molecular weight is 309 g/mol. The Bertz CT molecular complexity index is 739. The molecule has 4 nitrogen and oxygen atoms in total. The molecule has 23 heavy (non-hydrogen) atoms. The number of rotatable bonds is 4. The molecule has 1 amide bonds. The molecule has 1 aliphatic heterocycles. The SMILES string of the molecule is C=C[C@@]1(c2ccc(C)cc2)COC(=O)N1c1ccccc1OC. The molecule has 1 saturated heterocycles. The maximum atomic E-state index is 12.5. The molecular formula is C19H19NO3. The second-order valence-corrected chi connectivity index (χ2v) is 5.56. The summed E-state index contributed by atoms with van der Waals surface area (Å²) in [5.41, 5.74) is 2.02. The van der Waals surface area contributed by atoms with E-state index >= 15 is 0 Å². The van der Waals surface area contributed by atoms with Crippen LogP contribution in [0.2, 0.25) is 0 Å². The van der Waals surface area contributed by atoms with Crippen LogP contribution in [0.3, 0.4) is 0 Å². The molecule has 0 spiro atoms. The van der Waals surface area contributed by atoms with Crippen LogP contribution in [-0.4, -0.2) is 19.8 Å². The zero-order valence-electron chi connectivity index (χ0n) is 13.3. The van der Waals surface area contributed by atoms with Gasteiger partial charge in [-0.15, -0.1) is 6.58 Å². The number of amides is 1. The summed E-state index contributed by atoms with van der Waals surface area (Å²) in [6, 6.07) is 15.4. The highest BCUT2D eigenvalue weighted by molar-refractivity contribution is 5.94. The van der Waals surface area contributed by atoms with Crippen molar-refractivity contribution in [3.8, 4) is 5.75 Å². The third kappa shape index (κ3) is 2.36. The molecule has 3 rings (SSSR count). The van der Waals surface area contributed by atoms with Gasteiger partial charge in [-0.1, -0.05) is 48.0 Å². The average Bonchev–Trinajstić information content (AvgIpc) is 2.93. The lowest BCUT2D eigenvalue weighted by molar-refractivity contribution is 0.176. The van der Waals surface area contributed by atoms with Gasteiger partial charge in [0.15, 0.2) is 0 Å². The van der Waals surface area contributed by atoms with E-state index in [4.69, 9.17) is 9.47 Å². The molecule has 0 radical (unpaired) electrons. The highest BCUT2D eigenvalue weighted by atomic mass is 16.6. The minimum absolute atomic E-state index is 0.219. The van der Waals surface area contributed by atoms with Crippen LogP contribution < -0.4 is 9.64 Å². The van der Waals surface area contributed by atoms with Crippen LogP contribution >= 0.6 is 0 Å². The quantitative estimate of drug-likeness (QED) is 0.800. The van der Waals surface area contributed by atoms with Gasteiger partial charge in [0.25, 0.3) is 0 Å². The monoisotopic (exact) mass is 309 g/mol. The Hall–Kier alpha value is -2.75. The summed E-state index contributed by atoms with van der Waals surface area (Å²) in [5, 5.41) is 0. The van der Waals surface area contributed by atoms with Crippen LogP contribution in [0.5, 0.6) is 5.75 Å². The largest absolute Gasteiger partial charge is 0.495 e. The van der Waals surface area contributed by atoms with E-state index in [2.05, 4.69) is 6.58 Å². The van der Waals surface area contributed by atoms with E-state index in [9.17, 15) is 4.79 Å². The second-order valence-electron chi connectivity index (χ2n) is 5.56. The van der Waals surface area contributed by atoms with Gasteiger partial charge in [0.2, 0.25) is 0 Å². The fourth-order valence-electron chi connectivity index (χ4n) is 2.91. The summed E-state index contributed by atoms with van der Waals surface area (Å²) < 4.78 is 10.8. The van der Waals surface area contributed by atoms with Crippen LogP contribution in [0.25, 0.3) is 0 Å². The minimum Gasteiger partial charge on any atom is -0.495 e. The normalized spacial score (nSPS) is 20.3.